The van der Waals surface area contributed by atoms with Gasteiger partial charge in [0.05, 0.1) is 0 Å². The fraction of sp³-hybridized carbons (Fsp3) is 0.286. The summed E-state index contributed by atoms with van der Waals surface area (Å²) in [6.07, 6.45) is 0. The number of benzene rings is 1. The molecule has 6 nitrogen and oxygen atoms in total. The van der Waals surface area contributed by atoms with E-state index in [2.05, 4.69) is 0 Å². The summed E-state index contributed by atoms with van der Waals surface area (Å²) in [5.74, 6) is -3.65. The first-order chi connectivity index (χ1) is 9.34. The Morgan fingerprint density at radius 3 is 1.85 bits per heavy atom. The van der Waals surface area contributed by atoms with Crippen molar-refractivity contribution in [3.8, 4) is 0 Å². The van der Waals surface area contributed by atoms with Gasteiger partial charge in [-0.1, -0.05) is 29.8 Å². The molecular formula is C14H14N2O4. The Bertz CT molecular complexity index is 582. The molecule has 0 N–H and O–H groups in total. The van der Waals surface area contributed by atoms with E-state index in [1.165, 1.54) is 14.1 Å². The van der Waals surface area contributed by atoms with Gasteiger partial charge in [0, 0.05) is 19.7 Å². The molecule has 20 heavy (non-hydrogen) atoms. The Kier molecular flexibility index (Phi) is 3.40. The first-order valence-corrected chi connectivity index (χ1v) is 6.04. The molecule has 0 aromatic heterocycles. The van der Waals surface area contributed by atoms with Crippen LogP contribution in [0.25, 0.3) is 0 Å². The summed E-state index contributed by atoms with van der Waals surface area (Å²) in [6.45, 7) is 1.87. The summed E-state index contributed by atoms with van der Waals surface area (Å²) in [5, 5.41) is 0. The van der Waals surface area contributed by atoms with Crippen molar-refractivity contribution in [2.75, 3.05) is 14.1 Å². The fourth-order valence-corrected chi connectivity index (χ4v) is 2.02. The number of hydrogen-bond donors (Lipinski definition) is 0. The average Bonchev–Trinajstić information content (AvgIpc) is 2.44. The summed E-state index contributed by atoms with van der Waals surface area (Å²) in [5.41, 5.74) is 1.24. The lowest BCUT2D eigenvalue weighted by atomic mass is 9.93. The van der Waals surface area contributed by atoms with Crippen molar-refractivity contribution in [3.05, 3.63) is 35.4 Å². The van der Waals surface area contributed by atoms with Crippen LogP contribution in [0.1, 0.15) is 15.9 Å². The van der Waals surface area contributed by atoms with Crippen molar-refractivity contribution in [2.24, 2.45) is 5.92 Å². The molecule has 0 aliphatic carbocycles. The number of imide groups is 2. The van der Waals surface area contributed by atoms with Crippen LogP contribution in [0.15, 0.2) is 24.3 Å². The van der Waals surface area contributed by atoms with Crippen LogP contribution in [-0.4, -0.2) is 47.5 Å². The van der Waals surface area contributed by atoms with Crippen molar-refractivity contribution in [1.82, 2.24) is 9.80 Å². The third-order valence-corrected chi connectivity index (χ3v) is 3.33. The third kappa shape index (κ3) is 2.09. The van der Waals surface area contributed by atoms with Crippen LogP contribution in [0.2, 0.25) is 0 Å². The van der Waals surface area contributed by atoms with Gasteiger partial charge in [-0.05, 0) is 6.92 Å². The molecular weight excluding hydrogens is 260 g/mol. The molecule has 0 radical (unpaired) electrons. The largest absolute Gasteiger partial charge is 0.332 e. The summed E-state index contributed by atoms with van der Waals surface area (Å²) >= 11 is 0. The van der Waals surface area contributed by atoms with Gasteiger partial charge < -0.3 is 0 Å². The molecule has 104 valence electrons. The maximum absolute atomic E-state index is 12.3. The molecule has 1 aliphatic heterocycles. The maximum Gasteiger partial charge on any atom is 0.332 e. The highest BCUT2D eigenvalue weighted by atomic mass is 16.2. The van der Waals surface area contributed by atoms with Crippen molar-refractivity contribution >= 4 is 23.6 Å². The lowest BCUT2D eigenvalue weighted by Crippen LogP contribution is -2.58. The molecule has 0 spiro atoms. The third-order valence-electron chi connectivity index (χ3n) is 3.33. The van der Waals surface area contributed by atoms with Gasteiger partial charge in [-0.25, -0.2) is 4.79 Å². The molecule has 0 bridgehead atoms. The number of amides is 4. The number of ketones is 1. The number of carbonyl (C=O) groups excluding carboxylic acids is 4. The van der Waals surface area contributed by atoms with Gasteiger partial charge in [0.1, 0.15) is 0 Å². The molecule has 1 saturated heterocycles. The SMILES string of the molecule is Cc1ccc(C(=O)C2C(=O)N(C)C(=O)N(C)C2=O)cc1. The molecule has 0 saturated carbocycles. The molecule has 4 amide bonds. The molecule has 1 heterocycles. The van der Waals surface area contributed by atoms with E-state index in [4.69, 9.17) is 0 Å². The van der Waals surface area contributed by atoms with E-state index in [1.807, 2.05) is 6.92 Å². The van der Waals surface area contributed by atoms with E-state index in [0.717, 1.165) is 15.4 Å². The summed E-state index contributed by atoms with van der Waals surface area (Å²) < 4.78 is 0. The number of Topliss-reactive ketones (excluding diaryl/α,β-unsaturated/α-hetero) is 1. The highest BCUT2D eigenvalue weighted by molar-refractivity contribution is 6.29. The van der Waals surface area contributed by atoms with Crippen LogP contribution >= 0.6 is 0 Å². The summed E-state index contributed by atoms with van der Waals surface area (Å²) in [4.78, 5) is 49.5. The second-order valence-corrected chi connectivity index (χ2v) is 4.74. The van der Waals surface area contributed by atoms with Crippen molar-refractivity contribution in [2.45, 2.75) is 6.92 Å². The standard InChI is InChI=1S/C14H14N2O4/c1-8-4-6-9(7-5-8)11(17)10-12(18)15(2)14(20)16(3)13(10)19/h4-7,10H,1-3H3. The van der Waals surface area contributed by atoms with Crippen LogP contribution in [0.4, 0.5) is 4.79 Å². The van der Waals surface area contributed by atoms with Gasteiger partial charge >= 0.3 is 6.03 Å². The lowest BCUT2D eigenvalue weighted by molar-refractivity contribution is -0.145. The number of aryl methyl sites for hydroxylation is 1. The first kappa shape index (κ1) is 13.9. The number of urea groups is 1. The maximum atomic E-state index is 12.3. The predicted molar refractivity (Wildman–Crippen MR) is 69.9 cm³/mol. The van der Waals surface area contributed by atoms with Crippen LogP contribution in [0, 0.1) is 12.8 Å². The fourth-order valence-electron chi connectivity index (χ4n) is 2.02. The molecule has 2 rings (SSSR count). The lowest BCUT2D eigenvalue weighted by Gasteiger charge is -2.32. The van der Waals surface area contributed by atoms with E-state index in [-0.39, 0.29) is 5.56 Å². The molecule has 6 heteroatoms. The molecule has 1 fully saturated rings. The Morgan fingerprint density at radius 1 is 0.950 bits per heavy atom. The van der Waals surface area contributed by atoms with Gasteiger partial charge in [0.25, 0.3) is 11.8 Å². The Balaban J connectivity index is 2.37. The Morgan fingerprint density at radius 2 is 1.40 bits per heavy atom. The van der Waals surface area contributed by atoms with Gasteiger partial charge in [0.2, 0.25) is 0 Å². The van der Waals surface area contributed by atoms with Crippen molar-refractivity contribution < 1.29 is 19.2 Å². The second-order valence-electron chi connectivity index (χ2n) is 4.74. The normalized spacial score (nSPS) is 16.9. The highest BCUT2D eigenvalue weighted by Crippen LogP contribution is 2.20. The molecule has 1 aliphatic rings. The van der Waals surface area contributed by atoms with Crippen LogP contribution < -0.4 is 0 Å². The second kappa shape index (κ2) is 4.88. The summed E-state index contributed by atoms with van der Waals surface area (Å²) in [6, 6.07) is 5.85. The smallest absolute Gasteiger partial charge is 0.293 e. The van der Waals surface area contributed by atoms with Gasteiger partial charge in [-0.3, -0.25) is 24.2 Å². The zero-order valence-electron chi connectivity index (χ0n) is 11.4. The highest BCUT2D eigenvalue weighted by Gasteiger charge is 2.46. The minimum Gasteiger partial charge on any atom is -0.293 e. The zero-order valence-corrected chi connectivity index (χ0v) is 11.4. The van der Waals surface area contributed by atoms with E-state index in [9.17, 15) is 19.2 Å². The van der Waals surface area contributed by atoms with Gasteiger partial charge in [-0.15, -0.1) is 0 Å². The Hall–Kier alpha value is -2.50. The number of hydrogen-bond acceptors (Lipinski definition) is 4. The minimum atomic E-state index is -1.48. The first-order valence-electron chi connectivity index (χ1n) is 6.04. The molecule has 1 aromatic carbocycles. The van der Waals surface area contributed by atoms with Crippen molar-refractivity contribution in [3.63, 3.8) is 0 Å². The molecule has 1 aromatic rings. The number of carbonyl (C=O) groups is 4. The summed E-state index contributed by atoms with van der Waals surface area (Å²) in [7, 11) is 2.51. The van der Waals surface area contributed by atoms with Crippen LogP contribution in [0.3, 0.4) is 0 Å². The van der Waals surface area contributed by atoms with Crippen LogP contribution in [0.5, 0.6) is 0 Å². The predicted octanol–water partition coefficient (Wildman–Crippen LogP) is 0.844. The zero-order chi connectivity index (χ0) is 15.0. The average molecular weight is 274 g/mol. The monoisotopic (exact) mass is 274 g/mol. The number of barbiturate groups is 1. The quantitative estimate of drug-likeness (QED) is 0.591. The minimum absolute atomic E-state index is 0.276. The van der Waals surface area contributed by atoms with Gasteiger partial charge in [-0.2, -0.15) is 0 Å². The van der Waals surface area contributed by atoms with Gasteiger partial charge in [0.15, 0.2) is 11.7 Å². The van der Waals surface area contributed by atoms with Crippen molar-refractivity contribution in [1.29, 1.82) is 0 Å². The number of rotatable bonds is 2. The van der Waals surface area contributed by atoms with E-state index in [0.29, 0.717) is 0 Å². The topological polar surface area (TPSA) is 74.8 Å². The van der Waals surface area contributed by atoms with Crippen LogP contribution in [-0.2, 0) is 9.59 Å². The van der Waals surface area contributed by atoms with E-state index >= 15 is 0 Å². The number of nitrogens with zero attached hydrogens (tertiary/aromatic N) is 2. The van der Waals surface area contributed by atoms with E-state index < -0.39 is 29.5 Å². The molecule has 0 unspecified atom stereocenters. The Labute approximate surface area is 116 Å². The van der Waals surface area contributed by atoms with E-state index in [1.54, 1.807) is 24.3 Å². The molecule has 0 atom stereocenters.